The topological polar surface area (TPSA) is 12.5 Å². The highest BCUT2D eigenvalue weighted by molar-refractivity contribution is 5.57. The smallest absolute Gasteiger partial charge is 0.123 e. The van der Waals surface area contributed by atoms with Gasteiger partial charge in [-0.25, -0.2) is 0 Å². The summed E-state index contributed by atoms with van der Waals surface area (Å²) in [7, 11) is 0. The van der Waals surface area contributed by atoms with Crippen LogP contribution in [0.3, 0.4) is 0 Å². The normalized spacial score (nSPS) is 14.8. The molecule has 0 aromatic heterocycles. The van der Waals surface area contributed by atoms with Crippen LogP contribution in [0.1, 0.15) is 32.8 Å². The Morgan fingerprint density at radius 2 is 1.75 bits per heavy atom. The molecule has 0 atom stereocenters. The van der Waals surface area contributed by atoms with Gasteiger partial charge in [0.05, 0.1) is 5.76 Å². The maximum absolute atomic E-state index is 5.63. The minimum Gasteiger partial charge on any atom is -0.463 e. The molecule has 1 aromatic carbocycles. The Balaban J connectivity index is 2.02. The van der Waals surface area contributed by atoms with Crippen molar-refractivity contribution in [2.75, 3.05) is 18.0 Å². The highest BCUT2D eigenvalue weighted by Crippen LogP contribution is 2.18. The zero-order chi connectivity index (χ0) is 14.4. The molecule has 0 aliphatic carbocycles. The third kappa shape index (κ3) is 3.77. The number of benzene rings is 1. The highest BCUT2D eigenvalue weighted by atomic mass is 16.5. The van der Waals surface area contributed by atoms with E-state index in [0.717, 1.165) is 31.0 Å². The summed E-state index contributed by atoms with van der Waals surface area (Å²) in [5.41, 5.74) is 2.47. The number of allylic oxidation sites excluding steroid dienone is 4. The average Bonchev–Trinajstić information content (AvgIpc) is 2.48. The minimum absolute atomic E-state index is 0.929. The van der Waals surface area contributed by atoms with Crippen molar-refractivity contribution in [3.8, 4) is 0 Å². The van der Waals surface area contributed by atoms with Gasteiger partial charge in [-0.1, -0.05) is 18.2 Å². The van der Waals surface area contributed by atoms with E-state index in [4.69, 9.17) is 4.74 Å². The van der Waals surface area contributed by atoms with E-state index in [-0.39, 0.29) is 0 Å². The van der Waals surface area contributed by atoms with Crippen LogP contribution >= 0.6 is 0 Å². The summed E-state index contributed by atoms with van der Waals surface area (Å²) in [4.78, 5) is 2.34. The zero-order valence-corrected chi connectivity index (χ0v) is 12.6. The Labute approximate surface area is 122 Å². The summed E-state index contributed by atoms with van der Waals surface area (Å²) in [6.45, 7) is 8.43. The number of rotatable bonds is 5. The first-order valence-electron chi connectivity index (χ1n) is 7.30. The molecular formula is C18H23NO. The molecule has 1 heterocycles. The number of anilines is 1. The van der Waals surface area contributed by atoms with Crippen molar-refractivity contribution in [2.45, 2.75) is 27.2 Å². The van der Waals surface area contributed by atoms with Gasteiger partial charge < -0.3 is 9.64 Å². The predicted octanol–water partition coefficient (Wildman–Crippen LogP) is 4.75. The molecule has 0 radical (unpaired) electrons. The van der Waals surface area contributed by atoms with Crippen LogP contribution in [0.2, 0.25) is 0 Å². The molecule has 106 valence electrons. The van der Waals surface area contributed by atoms with Crippen molar-refractivity contribution >= 4 is 11.8 Å². The number of hydrogen-bond acceptors (Lipinski definition) is 2. The molecule has 0 unspecified atom stereocenters. The monoisotopic (exact) mass is 269 g/mol. The minimum atomic E-state index is 0.929. The Morgan fingerprint density at radius 3 is 2.35 bits per heavy atom. The summed E-state index contributed by atoms with van der Waals surface area (Å²) >= 11 is 0. The third-order valence-corrected chi connectivity index (χ3v) is 3.46. The fourth-order valence-corrected chi connectivity index (χ4v) is 2.28. The van der Waals surface area contributed by atoms with Gasteiger partial charge in [-0.15, -0.1) is 0 Å². The molecule has 1 aliphatic rings. The molecule has 0 saturated heterocycles. The lowest BCUT2D eigenvalue weighted by Gasteiger charge is -2.20. The Kier molecular flexibility index (Phi) is 5.05. The van der Waals surface area contributed by atoms with Crippen LogP contribution in [0, 0.1) is 0 Å². The molecule has 1 aromatic rings. The van der Waals surface area contributed by atoms with E-state index in [1.54, 1.807) is 0 Å². The summed E-state index contributed by atoms with van der Waals surface area (Å²) in [5, 5.41) is 0. The van der Waals surface area contributed by atoms with Gasteiger partial charge in [-0.05, 0) is 63.1 Å². The van der Waals surface area contributed by atoms with Crippen LogP contribution in [-0.4, -0.2) is 13.1 Å². The second-order valence-electron chi connectivity index (χ2n) is 4.86. The van der Waals surface area contributed by atoms with Crippen LogP contribution in [0.15, 0.2) is 54.0 Å². The quantitative estimate of drug-likeness (QED) is 0.764. The molecule has 20 heavy (non-hydrogen) atoms. The van der Waals surface area contributed by atoms with E-state index in [2.05, 4.69) is 61.2 Å². The molecule has 0 N–H and O–H groups in total. The number of ether oxygens (including phenoxy) is 1. The van der Waals surface area contributed by atoms with Gasteiger partial charge in [-0.3, -0.25) is 0 Å². The van der Waals surface area contributed by atoms with Crippen LogP contribution in [-0.2, 0) is 4.74 Å². The van der Waals surface area contributed by atoms with Gasteiger partial charge >= 0.3 is 0 Å². The maximum Gasteiger partial charge on any atom is 0.123 e. The summed E-state index contributed by atoms with van der Waals surface area (Å²) in [6.07, 6.45) is 9.25. The SMILES string of the molecule is CCN(CC)c1ccc(C=CC2=CCC=C(C)O2)cc1. The molecule has 0 saturated carbocycles. The molecular weight excluding hydrogens is 246 g/mol. The molecule has 0 spiro atoms. The van der Waals surface area contributed by atoms with Crippen molar-refractivity contribution in [1.82, 2.24) is 0 Å². The largest absolute Gasteiger partial charge is 0.463 e. The average molecular weight is 269 g/mol. The van der Waals surface area contributed by atoms with E-state index < -0.39 is 0 Å². The lowest BCUT2D eigenvalue weighted by molar-refractivity contribution is 0.313. The van der Waals surface area contributed by atoms with Gasteiger partial charge in [0, 0.05) is 18.8 Å². The zero-order valence-electron chi connectivity index (χ0n) is 12.6. The molecule has 2 rings (SSSR count). The third-order valence-electron chi connectivity index (χ3n) is 3.46. The van der Waals surface area contributed by atoms with Gasteiger partial charge in [0.2, 0.25) is 0 Å². The van der Waals surface area contributed by atoms with Crippen molar-refractivity contribution < 1.29 is 4.74 Å². The highest BCUT2D eigenvalue weighted by Gasteiger charge is 2.02. The van der Waals surface area contributed by atoms with Crippen LogP contribution < -0.4 is 4.90 Å². The summed E-state index contributed by atoms with van der Waals surface area (Å²) in [5.74, 6) is 1.90. The van der Waals surface area contributed by atoms with Gasteiger partial charge in [0.25, 0.3) is 0 Å². The second-order valence-corrected chi connectivity index (χ2v) is 4.86. The molecule has 0 fully saturated rings. The van der Waals surface area contributed by atoms with Gasteiger partial charge in [0.15, 0.2) is 0 Å². The lowest BCUT2D eigenvalue weighted by Crippen LogP contribution is -2.21. The van der Waals surface area contributed by atoms with E-state index in [1.165, 1.54) is 11.3 Å². The van der Waals surface area contributed by atoms with Crippen LogP contribution in [0.5, 0.6) is 0 Å². The fourth-order valence-electron chi connectivity index (χ4n) is 2.28. The fraction of sp³-hybridized carbons (Fsp3) is 0.333. The van der Waals surface area contributed by atoms with Crippen molar-refractivity contribution in [2.24, 2.45) is 0 Å². The molecule has 1 aliphatic heterocycles. The molecule has 0 bridgehead atoms. The first kappa shape index (κ1) is 14.4. The Morgan fingerprint density at radius 1 is 1.05 bits per heavy atom. The van der Waals surface area contributed by atoms with E-state index in [1.807, 2.05) is 13.0 Å². The van der Waals surface area contributed by atoms with E-state index >= 15 is 0 Å². The number of nitrogens with zero attached hydrogens (tertiary/aromatic N) is 1. The first-order chi connectivity index (χ1) is 9.72. The maximum atomic E-state index is 5.63. The standard InChI is InChI=1S/C18H23NO/c1-4-19(5-2)17-12-9-16(10-13-17)11-14-18-8-6-7-15(3)20-18/h7-14H,4-6H2,1-3H3. The summed E-state index contributed by atoms with van der Waals surface area (Å²) < 4.78 is 5.63. The van der Waals surface area contributed by atoms with Crippen molar-refractivity contribution in [3.05, 3.63) is 59.6 Å². The van der Waals surface area contributed by atoms with Gasteiger partial charge in [0.1, 0.15) is 5.76 Å². The second kappa shape index (κ2) is 6.99. The molecule has 2 nitrogen and oxygen atoms in total. The van der Waals surface area contributed by atoms with Crippen LogP contribution in [0.4, 0.5) is 5.69 Å². The molecule has 2 heteroatoms. The van der Waals surface area contributed by atoms with Crippen molar-refractivity contribution in [3.63, 3.8) is 0 Å². The molecule has 0 amide bonds. The predicted molar refractivity (Wildman–Crippen MR) is 86.6 cm³/mol. The lowest BCUT2D eigenvalue weighted by atomic mass is 10.1. The van der Waals surface area contributed by atoms with Crippen LogP contribution in [0.25, 0.3) is 6.08 Å². The Hall–Kier alpha value is -1.96. The van der Waals surface area contributed by atoms with E-state index in [9.17, 15) is 0 Å². The van der Waals surface area contributed by atoms with Gasteiger partial charge in [-0.2, -0.15) is 0 Å². The summed E-state index contributed by atoms with van der Waals surface area (Å²) in [6, 6.07) is 8.65. The first-order valence-corrected chi connectivity index (χ1v) is 7.30. The van der Waals surface area contributed by atoms with Crippen molar-refractivity contribution in [1.29, 1.82) is 0 Å². The van der Waals surface area contributed by atoms with E-state index in [0.29, 0.717) is 0 Å². The number of hydrogen-bond donors (Lipinski definition) is 0. The Bertz CT molecular complexity index is 519.